The second-order valence-corrected chi connectivity index (χ2v) is 5.63. The van der Waals surface area contributed by atoms with Gasteiger partial charge in [-0.3, -0.25) is 0 Å². The molecule has 0 amide bonds. The molecule has 26 heavy (non-hydrogen) atoms. The Morgan fingerprint density at radius 3 is 2.62 bits per heavy atom. The fourth-order valence-corrected chi connectivity index (χ4v) is 2.26. The molecule has 0 saturated heterocycles. The predicted octanol–water partition coefficient (Wildman–Crippen LogP) is 4.45. The van der Waals surface area contributed by atoms with Crippen molar-refractivity contribution in [3.63, 3.8) is 0 Å². The molecule has 2 aromatic carbocycles. The van der Waals surface area contributed by atoms with Gasteiger partial charge in [0.15, 0.2) is 0 Å². The van der Waals surface area contributed by atoms with E-state index >= 15 is 0 Å². The second kappa shape index (κ2) is 7.94. The molecule has 4 N–H and O–H groups in total. The van der Waals surface area contributed by atoms with Gasteiger partial charge in [0.2, 0.25) is 5.95 Å². The Hall–Kier alpha value is -3.67. The van der Waals surface area contributed by atoms with E-state index in [-0.39, 0.29) is 0 Å². The first-order chi connectivity index (χ1) is 12.6. The van der Waals surface area contributed by atoms with Crippen molar-refractivity contribution in [1.29, 1.82) is 0 Å². The van der Waals surface area contributed by atoms with E-state index < -0.39 is 0 Å². The van der Waals surface area contributed by atoms with Gasteiger partial charge in [0.1, 0.15) is 11.7 Å². The molecule has 0 atom stereocenters. The van der Waals surface area contributed by atoms with E-state index in [1.54, 1.807) is 6.20 Å². The summed E-state index contributed by atoms with van der Waals surface area (Å²) in [6.07, 6.45) is 3.29. The summed E-state index contributed by atoms with van der Waals surface area (Å²) in [4.78, 5) is 13.2. The minimum atomic E-state index is 0.370. The highest BCUT2D eigenvalue weighted by atomic mass is 15.1. The third-order valence-corrected chi connectivity index (χ3v) is 3.58. The number of aromatic nitrogens is 2. The Labute approximate surface area is 152 Å². The lowest BCUT2D eigenvalue weighted by Crippen LogP contribution is -2.05. The average Bonchev–Trinajstić information content (AvgIpc) is 2.65. The summed E-state index contributed by atoms with van der Waals surface area (Å²) >= 11 is 0. The first-order valence-electron chi connectivity index (χ1n) is 8.13. The van der Waals surface area contributed by atoms with Gasteiger partial charge in [0.05, 0.1) is 5.69 Å². The molecule has 6 heteroatoms. The van der Waals surface area contributed by atoms with Crippen molar-refractivity contribution in [3.8, 4) is 0 Å². The lowest BCUT2D eigenvalue weighted by Gasteiger charge is -2.11. The quantitative estimate of drug-likeness (QED) is 0.454. The summed E-state index contributed by atoms with van der Waals surface area (Å²) < 4.78 is 0. The van der Waals surface area contributed by atoms with Crippen LogP contribution in [-0.4, -0.2) is 15.8 Å². The maximum absolute atomic E-state index is 5.71. The monoisotopic (exact) mass is 344 g/mol. The van der Waals surface area contributed by atoms with Gasteiger partial charge < -0.3 is 16.4 Å². The van der Waals surface area contributed by atoms with Crippen LogP contribution in [0.1, 0.15) is 5.56 Å². The topological polar surface area (TPSA) is 88.2 Å². The van der Waals surface area contributed by atoms with Crippen molar-refractivity contribution in [3.05, 3.63) is 79.0 Å². The van der Waals surface area contributed by atoms with Crippen molar-refractivity contribution in [2.24, 2.45) is 10.7 Å². The molecule has 1 heterocycles. The Morgan fingerprint density at radius 2 is 1.85 bits per heavy atom. The highest BCUT2D eigenvalue weighted by Crippen LogP contribution is 2.24. The standard InChI is InChI=1S/C20H20N6/c1-3-18(21)23-16-10-7-11-17(12-16)24-19-14(2)13-22-20(26-19)25-15-8-5-4-6-9-15/h3-13H,1H2,2H3,(H2,21,23)(H2,22,24,25,26). The SMILES string of the molecule is C=CC(N)=Nc1cccc(Nc2nc(Nc3ccccc3)ncc2C)c1. The Balaban J connectivity index is 1.82. The van der Waals surface area contributed by atoms with Crippen molar-refractivity contribution in [2.45, 2.75) is 6.92 Å². The maximum Gasteiger partial charge on any atom is 0.229 e. The van der Waals surface area contributed by atoms with Crippen molar-refractivity contribution >= 4 is 34.7 Å². The summed E-state index contributed by atoms with van der Waals surface area (Å²) in [6.45, 7) is 5.56. The van der Waals surface area contributed by atoms with Crippen LogP contribution in [0.4, 0.5) is 28.8 Å². The fourth-order valence-electron chi connectivity index (χ4n) is 2.26. The third kappa shape index (κ3) is 4.45. The predicted molar refractivity (Wildman–Crippen MR) is 108 cm³/mol. The van der Waals surface area contributed by atoms with Gasteiger partial charge in [-0.05, 0) is 43.3 Å². The highest BCUT2D eigenvalue weighted by Gasteiger charge is 2.05. The van der Waals surface area contributed by atoms with Crippen LogP contribution >= 0.6 is 0 Å². The zero-order valence-corrected chi connectivity index (χ0v) is 14.5. The Bertz CT molecular complexity index is 934. The molecule has 0 saturated carbocycles. The molecule has 6 nitrogen and oxygen atoms in total. The van der Waals surface area contributed by atoms with Crippen LogP contribution in [0.2, 0.25) is 0 Å². The summed E-state index contributed by atoms with van der Waals surface area (Å²) in [5, 5.41) is 6.49. The lowest BCUT2D eigenvalue weighted by molar-refractivity contribution is 1.13. The van der Waals surface area contributed by atoms with E-state index in [4.69, 9.17) is 5.73 Å². The number of rotatable bonds is 6. The molecule has 0 fully saturated rings. The summed E-state index contributed by atoms with van der Waals surface area (Å²) in [5.41, 5.74) is 9.16. The summed E-state index contributed by atoms with van der Waals surface area (Å²) in [5.74, 6) is 1.61. The molecule has 0 radical (unpaired) electrons. The number of anilines is 4. The van der Waals surface area contributed by atoms with Crippen LogP contribution in [0, 0.1) is 6.92 Å². The van der Waals surface area contributed by atoms with E-state index in [0.29, 0.717) is 11.8 Å². The number of benzene rings is 2. The van der Waals surface area contributed by atoms with Gasteiger partial charge in [0.25, 0.3) is 0 Å². The molecule has 0 aliphatic heterocycles. The van der Waals surface area contributed by atoms with Crippen molar-refractivity contribution in [2.75, 3.05) is 10.6 Å². The molecule has 0 aliphatic rings. The lowest BCUT2D eigenvalue weighted by atomic mass is 10.2. The Morgan fingerprint density at radius 1 is 1.08 bits per heavy atom. The largest absolute Gasteiger partial charge is 0.384 e. The minimum Gasteiger partial charge on any atom is -0.384 e. The van der Waals surface area contributed by atoms with Gasteiger partial charge in [-0.2, -0.15) is 4.98 Å². The summed E-state index contributed by atoms with van der Waals surface area (Å²) in [6, 6.07) is 17.4. The van der Waals surface area contributed by atoms with Crippen LogP contribution in [0.3, 0.4) is 0 Å². The van der Waals surface area contributed by atoms with Crippen LogP contribution in [0.15, 0.2) is 78.4 Å². The van der Waals surface area contributed by atoms with Gasteiger partial charge in [-0.15, -0.1) is 0 Å². The Kier molecular flexibility index (Phi) is 5.24. The number of aryl methyl sites for hydroxylation is 1. The van der Waals surface area contributed by atoms with Crippen LogP contribution < -0.4 is 16.4 Å². The molecule has 0 spiro atoms. The van der Waals surface area contributed by atoms with Crippen LogP contribution in [0.25, 0.3) is 0 Å². The van der Waals surface area contributed by atoms with Gasteiger partial charge >= 0.3 is 0 Å². The molecule has 3 rings (SSSR count). The van der Waals surface area contributed by atoms with E-state index in [0.717, 1.165) is 28.4 Å². The van der Waals surface area contributed by atoms with E-state index in [1.165, 1.54) is 6.08 Å². The molecule has 3 aromatic rings. The first kappa shape index (κ1) is 17.2. The molecule has 1 aromatic heterocycles. The number of amidine groups is 1. The maximum atomic E-state index is 5.71. The fraction of sp³-hybridized carbons (Fsp3) is 0.0500. The number of para-hydroxylation sites is 1. The number of nitrogens with one attached hydrogen (secondary N) is 2. The molecular weight excluding hydrogens is 324 g/mol. The minimum absolute atomic E-state index is 0.370. The number of aliphatic imine (C=N–C) groups is 1. The highest BCUT2D eigenvalue weighted by molar-refractivity contribution is 5.93. The number of nitrogens with zero attached hydrogens (tertiary/aromatic N) is 3. The average molecular weight is 344 g/mol. The van der Waals surface area contributed by atoms with Gasteiger partial charge in [-0.1, -0.05) is 30.8 Å². The van der Waals surface area contributed by atoms with Crippen molar-refractivity contribution in [1.82, 2.24) is 9.97 Å². The zero-order valence-electron chi connectivity index (χ0n) is 14.5. The zero-order chi connectivity index (χ0) is 18.4. The second-order valence-electron chi connectivity index (χ2n) is 5.63. The van der Waals surface area contributed by atoms with Crippen LogP contribution in [-0.2, 0) is 0 Å². The summed E-state index contributed by atoms with van der Waals surface area (Å²) in [7, 11) is 0. The molecule has 0 aliphatic carbocycles. The number of nitrogens with two attached hydrogens (primary N) is 1. The first-order valence-corrected chi connectivity index (χ1v) is 8.13. The number of hydrogen-bond donors (Lipinski definition) is 3. The van der Waals surface area contributed by atoms with E-state index in [1.807, 2.05) is 61.5 Å². The van der Waals surface area contributed by atoms with Gasteiger partial charge in [0, 0.05) is 23.1 Å². The van der Waals surface area contributed by atoms with Gasteiger partial charge in [-0.25, -0.2) is 9.98 Å². The van der Waals surface area contributed by atoms with E-state index in [9.17, 15) is 0 Å². The molecule has 130 valence electrons. The molecular formula is C20H20N6. The van der Waals surface area contributed by atoms with Crippen molar-refractivity contribution < 1.29 is 0 Å². The van der Waals surface area contributed by atoms with E-state index in [2.05, 4.69) is 32.2 Å². The molecule has 0 bridgehead atoms. The number of hydrogen-bond acceptors (Lipinski definition) is 5. The third-order valence-electron chi connectivity index (χ3n) is 3.58. The molecule has 0 unspecified atom stereocenters. The van der Waals surface area contributed by atoms with Crippen LogP contribution in [0.5, 0.6) is 0 Å². The normalized spacial score (nSPS) is 11.0. The smallest absolute Gasteiger partial charge is 0.229 e.